The summed E-state index contributed by atoms with van der Waals surface area (Å²) < 4.78 is 6.98. The topological polar surface area (TPSA) is 77.8 Å². The molecule has 3 rings (SSSR count). The molecule has 0 saturated carbocycles. The summed E-state index contributed by atoms with van der Waals surface area (Å²) in [5.41, 5.74) is 7.22. The van der Waals surface area contributed by atoms with E-state index < -0.39 is 0 Å². The van der Waals surface area contributed by atoms with Gasteiger partial charge in [0.15, 0.2) is 17.1 Å². The molecule has 0 radical (unpaired) electrons. The second-order valence-corrected chi connectivity index (χ2v) is 3.05. The first-order valence-electron chi connectivity index (χ1n) is 4.11. The number of nitrogens with zero attached hydrogens (tertiary/aromatic N) is 4. The van der Waals surface area contributed by atoms with Gasteiger partial charge in [-0.3, -0.25) is 0 Å². The van der Waals surface area contributed by atoms with Crippen LogP contribution in [0.25, 0.3) is 5.52 Å². The van der Waals surface area contributed by atoms with Crippen LogP contribution in [0.4, 0.5) is 5.82 Å². The van der Waals surface area contributed by atoms with E-state index in [9.17, 15) is 0 Å². The predicted molar refractivity (Wildman–Crippen MR) is 49.6 cm³/mol. The molecule has 0 saturated heterocycles. The normalized spacial score (nSPS) is 13.9. The Morgan fingerprint density at radius 1 is 1.50 bits per heavy atom. The number of nitrogens with two attached hydrogens (primary N) is 1. The van der Waals surface area contributed by atoms with Crippen LogP contribution in [-0.4, -0.2) is 20.6 Å². The number of hydrogen-bond acceptors (Lipinski definition) is 5. The SMILES string of the molecule is Cc1cc2c3c(ncnn13)N=C(N)O2. The maximum atomic E-state index is 5.49. The van der Waals surface area contributed by atoms with Gasteiger partial charge in [0, 0.05) is 11.8 Å². The van der Waals surface area contributed by atoms with Crippen molar-refractivity contribution in [2.24, 2.45) is 10.7 Å². The van der Waals surface area contributed by atoms with Gasteiger partial charge in [-0.15, -0.1) is 0 Å². The van der Waals surface area contributed by atoms with Crippen LogP contribution < -0.4 is 10.5 Å². The summed E-state index contributed by atoms with van der Waals surface area (Å²) >= 11 is 0. The number of aryl methyl sites for hydroxylation is 1. The molecule has 1 aliphatic heterocycles. The molecule has 0 aliphatic carbocycles. The number of ether oxygens (including phenoxy) is 1. The molecule has 2 aromatic rings. The number of hydrogen-bond donors (Lipinski definition) is 1. The first-order valence-corrected chi connectivity index (χ1v) is 4.11. The monoisotopic (exact) mass is 189 g/mol. The Kier molecular flexibility index (Phi) is 1.16. The molecular weight excluding hydrogens is 182 g/mol. The third kappa shape index (κ3) is 0.769. The number of rotatable bonds is 0. The molecule has 0 amide bonds. The number of aromatic nitrogens is 3. The number of amidine groups is 1. The third-order valence-electron chi connectivity index (χ3n) is 2.11. The quantitative estimate of drug-likeness (QED) is 0.649. The average molecular weight is 189 g/mol. The van der Waals surface area contributed by atoms with Crippen LogP contribution in [-0.2, 0) is 0 Å². The molecule has 0 atom stereocenters. The molecule has 0 aromatic carbocycles. The minimum Gasteiger partial charge on any atom is -0.423 e. The van der Waals surface area contributed by atoms with E-state index in [0.29, 0.717) is 11.6 Å². The molecule has 0 bridgehead atoms. The van der Waals surface area contributed by atoms with Crippen molar-refractivity contribution in [1.29, 1.82) is 0 Å². The van der Waals surface area contributed by atoms with Crippen molar-refractivity contribution in [3.63, 3.8) is 0 Å². The Labute approximate surface area is 79.0 Å². The van der Waals surface area contributed by atoms with E-state index in [2.05, 4.69) is 15.1 Å². The summed E-state index contributed by atoms with van der Waals surface area (Å²) in [6, 6.07) is 1.97. The van der Waals surface area contributed by atoms with Crippen molar-refractivity contribution in [1.82, 2.24) is 14.6 Å². The first-order chi connectivity index (χ1) is 6.75. The maximum Gasteiger partial charge on any atom is 0.294 e. The van der Waals surface area contributed by atoms with Crippen molar-refractivity contribution >= 4 is 17.4 Å². The van der Waals surface area contributed by atoms with Gasteiger partial charge in [-0.05, 0) is 6.92 Å². The van der Waals surface area contributed by atoms with Gasteiger partial charge < -0.3 is 10.5 Å². The molecule has 0 fully saturated rings. The lowest BCUT2D eigenvalue weighted by molar-refractivity contribution is 0.543. The highest BCUT2D eigenvalue weighted by Gasteiger charge is 2.19. The zero-order chi connectivity index (χ0) is 9.71. The zero-order valence-electron chi connectivity index (χ0n) is 7.43. The standard InChI is InChI=1S/C8H7N5O/c1-4-2-5-6-7(12-8(9)14-5)10-3-11-13(4)6/h2-3H,1H3,(H2,9,10,11,12). The van der Waals surface area contributed by atoms with E-state index in [4.69, 9.17) is 10.5 Å². The van der Waals surface area contributed by atoms with E-state index in [1.165, 1.54) is 6.33 Å². The van der Waals surface area contributed by atoms with Gasteiger partial charge in [0.1, 0.15) is 6.33 Å². The predicted octanol–water partition coefficient (Wildman–Crippen LogP) is 0.376. The van der Waals surface area contributed by atoms with E-state index in [0.717, 1.165) is 11.2 Å². The Morgan fingerprint density at radius 2 is 2.36 bits per heavy atom. The van der Waals surface area contributed by atoms with E-state index in [-0.39, 0.29) is 6.02 Å². The molecule has 1 aliphatic rings. The lowest BCUT2D eigenvalue weighted by Gasteiger charge is -2.08. The number of aliphatic imine (C=N–C) groups is 1. The molecule has 70 valence electrons. The van der Waals surface area contributed by atoms with Crippen LogP contribution in [0.3, 0.4) is 0 Å². The largest absolute Gasteiger partial charge is 0.423 e. The van der Waals surface area contributed by atoms with Crippen LogP contribution in [0, 0.1) is 6.92 Å². The highest BCUT2D eigenvalue weighted by molar-refractivity contribution is 5.89. The molecule has 14 heavy (non-hydrogen) atoms. The van der Waals surface area contributed by atoms with Crippen molar-refractivity contribution in [3.05, 3.63) is 18.1 Å². The van der Waals surface area contributed by atoms with E-state index >= 15 is 0 Å². The summed E-state index contributed by atoms with van der Waals surface area (Å²) in [4.78, 5) is 8.00. The highest BCUT2D eigenvalue weighted by Crippen LogP contribution is 2.32. The van der Waals surface area contributed by atoms with Gasteiger partial charge in [0.05, 0.1) is 0 Å². The molecule has 2 aromatic heterocycles. The minimum atomic E-state index is 0.115. The van der Waals surface area contributed by atoms with Gasteiger partial charge >= 0.3 is 0 Å². The van der Waals surface area contributed by atoms with Gasteiger partial charge in [0.25, 0.3) is 6.02 Å². The molecule has 0 spiro atoms. The Balaban J connectivity index is 2.49. The van der Waals surface area contributed by atoms with Crippen LogP contribution in [0.2, 0.25) is 0 Å². The van der Waals surface area contributed by atoms with Crippen molar-refractivity contribution in [2.75, 3.05) is 0 Å². The van der Waals surface area contributed by atoms with Crippen LogP contribution in [0.5, 0.6) is 5.75 Å². The fraction of sp³-hybridized carbons (Fsp3) is 0.125. The summed E-state index contributed by atoms with van der Waals surface area (Å²) in [5, 5.41) is 4.08. The first kappa shape index (κ1) is 7.31. The minimum absolute atomic E-state index is 0.115. The summed E-state index contributed by atoms with van der Waals surface area (Å²) in [7, 11) is 0. The van der Waals surface area contributed by atoms with E-state index in [1.54, 1.807) is 4.52 Å². The van der Waals surface area contributed by atoms with E-state index in [1.807, 2.05) is 13.0 Å². The van der Waals surface area contributed by atoms with Crippen LogP contribution >= 0.6 is 0 Å². The Hall–Kier alpha value is -2.11. The fourth-order valence-electron chi connectivity index (χ4n) is 1.55. The molecule has 3 heterocycles. The van der Waals surface area contributed by atoms with Gasteiger partial charge in [-0.1, -0.05) is 0 Å². The van der Waals surface area contributed by atoms with Crippen LogP contribution in [0.1, 0.15) is 5.69 Å². The molecule has 6 nitrogen and oxygen atoms in total. The molecule has 6 heteroatoms. The fourth-order valence-corrected chi connectivity index (χ4v) is 1.55. The summed E-state index contributed by atoms with van der Waals surface area (Å²) in [5.74, 6) is 1.21. The zero-order valence-corrected chi connectivity index (χ0v) is 7.43. The van der Waals surface area contributed by atoms with Crippen molar-refractivity contribution < 1.29 is 4.74 Å². The third-order valence-corrected chi connectivity index (χ3v) is 2.11. The highest BCUT2D eigenvalue weighted by atomic mass is 16.5. The lowest BCUT2D eigenvalue weighted by atomic mass is 10.4. The Morgan fingerprint density at radius 3 is 3.21 bits per heavy atom. The maximum absolute atomic E-state index is 5.49. The lowest BCUT2D eigenvalue weighted by Crippen LogP contribution is -2.21. The molecule has 0 unspecified atom stereocenters. The Bertz CT molecular complexity index is 556. The summed E-state index contributed by atoms with van der Waals surface area (Å²) in [6.45, 7) is 1.93. The second kappa shape index (κ2) is 2.22. The summed E-state index contributed by atoms with van der Waals surface area (Å²) in [6.07, 6.45) is 1.45. The molecular formula is C8H7N5O. The molecule has 2 N–H and O–H groups in total. The average Bonchev–Trinajstić information content (AvgIpc) is 2.45. The van der Waals surface area contributed by atoms with Gasteiger partial charge in [0.2, 0.25) is 0 Å². The van der Waals surface area contributed by atoms with Crippen molar-refractivity contribution in [3.8, 4) is 5.75 Å². The smallest absolute Gasteiger partial charge is 0.294 e. The van der Waals surface area contributed by atoms with Crippen molar-refractivity contribution in [2.45, 2.75) is 6.92 Å². The van der Waals surface area contributed by atoms with Gasteiger partial charge in [-0.25, -0.2) is 9.50 Å². The van der Waals surface area contributed by atoms with Crippen LogP contribution in [0.15, 0.2) is 17.4 Å². The second-order valence-electron chi connectivity index (χ2n) is 3.05. The van der Waals surface area contributed by atoms with Gasteiger partial charge in [-0.2, -0.15) is 10.1 Å².